The minimum atomic E-state index is -0.232. The van der Waals surface area contributed by atoms with Crippen molar-refractivity contribution >= 4 is 33.7 Å². The van der Waals surface area contributed by atoms with Gasteiger partial charge < -0.3 is 4.74 Å². The number of carbonyl (C=O) groups excluding carboxylic acids is 1. The molecular weight excluding hydrogens is 254 g/mol. The monoisotopic (exact) mass is 261 g/mol. The van der Waals surface area contributed by atoms with E-state index in [-0.39, 0.29) is 5.97 Å². The predicted octanol–water partition coefficient (Wildman–Crippen LogP) is 2.11. The number of thioether (sulfide) groups is 1. The highest BCUT2D eigenvalue weighted by Gasteiger charge is 2.02. The molecule has 0 saturated heterocycles. The number of ether oxygens (including phenoxy) is 1. The van der Waals surface area contributed by atoms with Gasteiger partial charge in [-0.05, 0) is 22.0 Å². The quantitative estimate of drug-likeness (QED) is 0.617. The Kier molecular flexibility index (Phi) is 4.24. The van der Waals surface area contributed by atoms with E-state index in [1.807, 2.05) is 6.07 Å². The fraction of sp³-hybridized carbons (Fsp3) is 0.250. The summed E-state index contributed by atoms with van der Waals surface area (Å²) in [4.78, 5) is 15.7. The number of methoxy groups -OCH3 is 1. The molecule has 0 atom stereocenters. The van der Waals surface area contributed by atoms with Crippen molar-refractivity contribution in [3.05, 3.63) is 22.9 Å². The van der Waals surface area contributed by atoms with Crippen molar-refractivity contribution in [3.8, 4) is 0 Å². The van der Waals surface area contributed by atoms with Gasteiger partial charge in [-0.1, -0.05) is 0 Å². The summed E-state index contributed by atoms with van der Waals surface area (Å²) in [6, 6.07) is 1.90. The molecule has 0 spiro atoms. The van der Waals surface area contributed by atoms with Crippen molar-refractivity contribution in [1.29, 1.82) is 0 Å². The van der Waals surface area contributed by atoms with Gasteiger partial charge in [0.1, 0.15) is 0 Å². The normalized spacial score (nSPS) is 9.69. The first kappa shape index (κ1) is 10.5. The van der Waals surface area contributed by atoms with Gasteiger partial charge in [0.05, 0.1) is 12.9 Å². The summed E-state index contributed by atoms with van der Waals surface area (Å²) in [6.07, 6.45) is 3.40. The zero-order valence-electron chi connectivity index (χ0n) is 6.99. The van der Waals surface area contributed by atoms with Crippen LogP contribution in [0.4, 0.5) is 0 Å². The largest absolute Gasteiger partial charge is 0.468 e. The van der Waals surface area contributed by atoms with Crippen LogP contribution in [0.25, 0.3) is 0 Å². The highest BCUT2D eigenvalue weighted by atomic mass is 79.9. The molecule has 5 heteroatoms. The molecule has 0 bridgehead atoms. The van der Waals surface area contributed by atoms with E-state index in [9.17, 15) is 4.79 Å². The summed E-state index contributed by atoms with van der Waals surface area (Å²) in [6.45, 7) is 0. The maximum Gasteiger partial charge on any atom is 0.315 e. The lowest BCUT2D eigenvalue weighted by Crippen LogP contribution is -2.02. The van der Waals surface area contributed by atoms with Crippen LogP contribution in [-0.4, -0.2) is 23.8 Å². The van der Waals surface area contributed by atoms with Gasteiger partial charge in [-0.15, -0.1) is 11.8 Å². The molecule has 0 amide bonds. The molecule has 0 aliphatic rings. The van der Waals surface area contributed by atoms with E-state index >= 15 is 0 Å². The fourth-order valence-corrected chi connectivity index (χ4v) is 1.94. The lowest BCUT2D eigenvalue weighted by molar-refractivity contribution is -0.137. The lowest BCUT2D eigenvalue weighted by Gasteiger charge is -1.99. The third-order valence-corrected chi connectivity index (χ3v) is 2.63. The van der Waals surface area contributed by atoms with E-state index in [0.717, 1.165) is 9.37 Å². The Morgan fingerprint density at radius 2 is 2.46 bits per heavy atom. The zero-order chi connectivity index (χ0) is 9.68. The highest BCUT2D eigenvalue weighted by Crippen LogP contribution is 2.20. The number of halogens is 1. The smallest absolute Gasteiger partial charge is 0.315 e. The van der Waals surface area contributed by atoms with Crippen LogP contribution in [-0.2, 0) is 9.53 Å². The zero-order valence-corrected chi connectivity index (χ0v) is 9.39. The first-order valence-corrected chi connectivity index (χ1v) is 5.30. The molecule has 0 aliphatic carbocycles. The van der Waals surface area contributed by atoms with Crippen LogP contribution in [0.5, 0.6) is 0 Å². The van der Waals surface area contributed by atoms with E-state index in [1.165, 1.54) is 18.9 Å². The first-order valence-electron chi connectivity index (χ1n) is 3.52. The molecule has 3 nitrogen and oxygen atoms in total. The van der Waals surface area contributed by atoms with Gasteiger partial charge in [0.25, 0.3) is 0 Å². The molecule has 0 N–H and O–H groups in total. The Morgan fingerprint density at radius 3 is 3.08 bits per heavy atom. The molecule has 0 aliphatic heterocycles. The summed E-state index contributed by atoms with van der Waals surface area (Å²) >= 11 is 4.69. The minimum Gasteiger partial charge on any atom is -0.468 e. The van der Waals surface area contributed by atoms with Crippen LogP contribution in [0, 0.1) is 0 Å². The molecule has 0 radical (unpaired) electrons. The fourth-order valence-electron chi connectivity index (χ4n) is 0.672. The van der Waals surface area contributed by atoms with Crippen LogP contribution in [0.3, 0.4) is 0 Å². The molecule has 1 aromatic rings. The first-order chi connectivity index (χ1) is 6.22. The number of esters is 1. The standard InChI is InChI=1S/C8H8BrNO2S/c1-12-8(11)5-13-7-2-6(9)3-10-4-7/h2-4H,5H2,1H3. The second-order valence-corrected chi connectivity index (χ2v) is 4.17. The summed E-state index contributed by atoms with van der Waals surface area (Å²) in [5.74, 6) is 0.0826. The molecule has 1 rings (SSSR count). The molecule has 1 heterocycles. The third-order valence-electron chi connectivity index (χ3n) is 1.26. The van der Waals surface area contributed by atoms with E-state index in [1.54, 1.807) is 12.4 Å². The van der Waals surface area contributed by atoms with Gasteiger partial charge in [0.2, 0.25) is 0 Å². The van der Waals surface area contributed by atoms with E-state index in [2.05, 4.69) is 25.7 Å². The topological polar surface area (TPSA) is 39.2 Å². The van der Waals surface area contributed by atoms with E-state index in [4.69, 9.17) is 0 Å². The molecule has 0 unspecified atom stereocenters. The number of hydrogen-bond acceptors (Lipinski definition) is 4. The van der Waals surface area contributed by atoms with Crippen LogP contribution >= 0.6 is 27.7 Å². The second-order valence-electron chi connectivity index (χ2n) is 2.20. The number of rotatable bonds is 3. The highest BCUT2D eigenvalue weighted by molar-refractivity contribution is 9.10. The molecule has 1 aromatic heterocycles. The number of hydrogen-bond donors (Lipinski definition) is 0. The third kappa shape index (κ3) is 3.78. The van der Waals surface area contributed by atoms with Crippen LogP contribution in [0.2, 0.25) is 0 Å². The summed E-state index contributed by atoms with van der Waals surface area (Å²) < 4.78 is 5.42. The van der Waals surface area contributed by atoms with E-state index in [0.29, 0.717) is 5.75 Å². The molecule has 70 valence electrons. The lowest BCUT2D eigenvalue weighted by atomic mass is 10.5. The Morgan fingerprint density at radius 1 is 1.69 bits per heavy atom. The van der Waals surface area contributed by atoms with Crippen LogP contribution in [0.15, 0.2) is 27.8 Å². The predicted molar refractivity (Wildman–Crippen MR) is 54.7 cm³/mol. The number of nitrogens with zero attached hydrogens (tertiary/aromatic N) is 1. The Balaban J connectivity index is 2.50. The van der Waals surface area contributed by atoms with Gasteiger partial charge in [0.15, 0.2) is 0 Å². The van der Waals surface area contributed by atoms with Crippen LogP contribution < -0.4 is 0 Å². The van der Waals surface area contributed by atoms with Crippen molar-refractivity contribution < 1.29 is 9.53 Å². The van der Waals surface area contributed by atoms with Gasteiger partial charge in [-0.2, -0.15) is 0 Å². The van der Waals surface area contributed by atoms with Crippen molar-refractivity contribution in [2.24, 2.45) is 0 Å². The summed E-state index contributed by atoms with van der Waals surface area (Å²) in [5, 5.41) is 0. The molecule has 13 heavy (non-hydrogen) atoms. The summed E-state index contributed by atoms with van der Waals surface area (Å²) in [5.41, 5.74) is 0. The SMILES string of the molecule is COC(=O)CSc1cncc(Br)c1. The van der Waals surface area contributed by atoms with E-state index < -0.39 is 0 Å². The summed E-state index contributed by atoms with van der Waals surface area (Å²) in [7, 11) is 1.38. The van der Waals surface area contributed by atoms with Crippen molar-refractivity contribution in [2.45, 2.75) is 4.90 Å². The second kappa shape index (κ2) is 5.24. The Bertz CT molecular complexity index is 306. The van der Waals surface area contributed by atoms with Gasteiger partial charge >= 0.3 is 5.97 Å². The Labute approximate surface area is 89.0 Å². The van der Waals surface area contributed by atoms with Crippen molar-refractivity contribution in [1.82, 2.24) is 4.98 Å². The minimum absolute atomic E-state index is 0.232. The molecule has 0 aromatic carbocycles. The average molecular weight is 262 g/mol. The van der Waals surface area contributed by atoms with Gasteiger partial charge in [0, 0.05) is 21.8 Å². The van der Waals surface area contributed by atoms with Gasteiger partial charge in [-0.3, -0.25) is 9.78 Å². The molecule has 0 fully saturated rings. The van der Waals surface area contributed by atoms with Gasteiger partial charge in [-0.25, -0.2) is 0 Å². The molecular formula is C8H8BrNO2S. The average Bonchev–Trinajstić information content (AvgIpc) is 2.14. The van der Waals surface area contributed by atoms with Crippen molar-refractivity contribution in [2.75, 3.05) is 12.9 Å². The number of aromatic nitrogens is 1. The van der Waals surface area contributed by atoms with Crippen LogP contribution in [0.1, 0.15) is 0 Å². The maximum absolute atomic E-state index is 10.8. The number of pyridine rings is 1. The Hall–Kier alpha value is -0.550. The maximum atomic E-state index is 10.8. The molecule has 0 saturated carbocycles. The number of carbonyl (C=O) groups is 1. The van der Waals surface area contributed by atoms with Crippen molar-refractivity contribution in [3.63, 3.8) is 0 Å².